The van der Waals surface area contributed by atoms with Crippen molar-refractivity contribution in [2.24, 2.45) is 11.8 Å². The minimum absolute atomic E-state index is 0.128. The van der Waals surface area contributed by atoms with E-state index in [0.29, 0.717) is 6.54 Å². The minimum Gasteiger partial charge on any atom is -0.449 e. The highest BCUT2D eigenvalue weighted by Gasteiger charge is 2.37. The van der Waals surface area contributed by atoms with Crippen molar-refractivity contribution in [3.8, 4) is 0 Å². The lowest BCUT2D eigenvalue weighted by molar-refractivity contribution is -0.190. The first-order chi connectivity index (χ1) is 9.11. The second-order valence-corrected chi connectivity index (χ2v) is 5.64. The summed E-state index contributed by atoms with van der Waals surface area (Å²) < 4.78 is 40.0. The Hall–Kier alpha value is -1.27. The summed E-state index contributed by atoms with van der Waals surface area (Å²) >= 11 is 0. The number of likely N-dealkylation sites (tertiary alicyclic amines) is 1. The molecule has 1 fully saturated rings. The first kappa shape index (κ1) is 16.8. The molecule has 0 spiro atoms. The van der Waals surface area contributed by atoms with Crippen molar-refractivity contribution in [2.45, 2.75) is 45.8 Å². The predicted molar refractivity (Wildman–Crippen MR) is 65.8 cm³/mol. The van der Waals surface area contributed by atoms with Gasteiger partial charge in [-0.25, -0.2) is 4.79 Å². The van der Waals surface area contributed by atoms with Gasteiger partial charge in [0.1, 0.15) is 0 Å². The van der Waals surface area contributed by atoms with E-state index in [1.807, 2.05) is 20.8 Å². The molecule has 1 saturated heterocycles. The summed E-state index contributed by atoms with van der Waals surface area (Å²) in [5.74, 6) is -2.03. The summed E-state index contributed by atoms with van der Waals surface area (Å²) in [5, 5.41) is 0. The zero-order valence-corrected chi connectivity index (χ0v) is 11.9. The quantitative estimate of drug-likeness (QED) is 0.580. The number of carbonyl (C=O) groups excluding carboxylic acids is 2. The van der Waals surface area contributed by atoms with Crippen LogP contribution < -0.4 is 0 Å². The summed E-state index contributed by atoms with van der Waals surface area (Å²) in [6.45, 7) is 4.43. The SMILES string of the molecule is CC1CCC(C(C)C)N(C(=O)C(=O)OCC(F)(F)F)C1. The fourth-order valence-electron chi connectivity index (χ4n) is 2.43. The van der Waals surface area contributed by atoms with Crippen LogP contribution in [-0.4, -0.2) is 42.1 Å². The van der Waals surface area contributed by atoms with E-state index in [2.05, 4.69) is 4.74 Å². The van der Waals surface area contributed by atoms with Crippen molar-refractivity contribution in [2.75, 3.05) is 13.2 Å². The van der Waals surface area contributed by atoms with Crippen molar-refractivity contribution in [1.29, 1.82) is 0 Å². The number of rotatable bonds is 2. The molecule has 1 aliphatic heterocycles. The van der Waals surface area contributed by atoms with Gasteiger partial charge in [0.2, 0.25) is 0 Å². The molecular formula is C13H20F3NO3. The van der Waals surface area contributed by atoms with Crippen LogP contribution in [0.5, 0.6) is 0 Å². The van der Waals surface area contributed by atoms with Gasteiger partial charge < -0.3 is 9.64 Å². The maximum atomic E-state index is 12.0. The number of amides is 1. The molecule has 0 aromatic rings. The molecule has 4 nitrogen and oxygen atoms in total. The van der Waals surface area contributed by atoms with Crippen molar-refractivity contribution in [1.82, 2.24) is 4.90 Å². The lowest BCUT2D eigenvalue weighted by Crippen LogP contribution is -2.51. The number of hydrogen-bond donors (Lipinski definition) is 0. The van der Waals surface area contributed by atoms with E-state index in [0.717, 1.165) is 12.8 Å². The molecule has 0 saturated carbocycles. The molecule has 2 atom stereocenters. The zero-order chi connectivity index (χ0) is 15.5. The first-order valence-corrected chi connectivity index (χ1v) is 6.66. The van der Waals surface area contributed by atoms with Gasteiger partial charge in [-0.2, -0.15) is 13.2 Å². The van der Waals surface area contributed by atoms with Gasteiger partial charge in [0.15, 0.2) is 6.61 Å². The number of piperidine rings is 1. The third-order valence-electron chi connectivity index (χ3n) is 3.44. The Balaban J connectivity index is 2.69. The maximum absolute atomic E-state index is 12.0. The van der Waals surface area contributed by atoms with E-state index < -0.39 is 24.7 Å². The summed E-state index contributed by atoms with van der Waals surface area (Å²) in [7, 11) is 0. The van der Waals surface area contributed by atoms with Crippen LogP contribution in [-0.2, 0) is 14.3 Å². The monoisotopic (exact) mass is 295 g/mol. The molecule has 7 heteroatoms. The summed E-state index contributed by atoms with van der Waals surface area (Å²) in [4.78, 5) is 24.8. The highest BCUT2D eigenvalue weighted by atomic mass is 19.4. The predicted octanol–water partition coefficient (Wildman–Crippen LogP) is 2.38. The lowest BCUT2D eigenvalue weighted by Gasteiger charge is -2.40. The summed E-state index contributed by atoms with van der Waals surface area (Å²) in [6.07, 6.45) is -2.94. The Kier molecular flexibility index (Phi) is 5.42. The molecule has 0 radical (unpaired) electrons. The zero-order valence-electron chi connectivity index (χ0n) is 11.9. The van der Waals surface area contributed by atoms with Crippen LogP contribution in [0.1, 0.15) is 33.6 Å². The largest absolute Gasteiger partial charge is 0.449 e. The van der Waals surface area contributed by atoms with Gasteiger partial charge in [0, 0.05) is 12.6 Å². The van der Waals surface area contributed by atoms with Gasteiger partial charge in [-0.15, -0.1) is 0 Å². The van der Waals surface area contributed by atoms with Crippen molar-refractivity contribution in [3.05, 3.63) is 0 Å². The Morgan fingerprint density at radius 2 is 1.90 bits per heavy atom. The highest BCUT2D eigenvalue weighted by Crippen LogP contribution is 2.26. The van der Waals surface area contributed by atoms with Crippen LogP contribution in [0.15, 0.2) is 0 Å². The van der Waals surface area contributed by atoms with Crippen LogP contribution in [0.4, 0.5) is 13.2 Å². The number of hydrogen-bond acceptors (Lipinski definition) is 3. The molecule has 2 unspecified atom stereocenters. The molecule has 20 heavy (non-hydrogen) atoms. The van der Waals surface area contributed by atoms with Gasteiger partial charge in [-0.05, 0) is 24.7 Å². The van der Waals surface area contributed by atoms with E-state index in [4.69, 9.17) is 0 Å². The normalized spacial score (nSPS) is 23.9. The van der Waals surface area contributed by atoms with Gasteiger partial charge in [0.25, 0.3) is 0 Å². The van der Waals surface area contributed by atoms with E-state index in [1.165, 1.54) is 4.90 Å². The minimum atomic E-state index is -4.62. The molecular weight excluding hydrogens is 275 g/mol. The lowest BCUT2D eigenvalue weighted by atomic mass is 9.88. The number of halogens is 3. The van der Waals surface area contributed by atoms with Crippen LogP contribution in [0.3, 0.4) is 0 Å². The molecule has 1 heterocycles. The van der Waals surface area contributed by atoms with Gasteiger partial charge in [-0.1, -0.05) is 20.8 Å². The number of ether oxygens (including phenoxy) is 1. The van der Waals surface area contributed by atoms with Crippen molar-refractivity contribution in [3.63, 3.8) is 0 Å². The number of carbonyl (C=O) groups is 2. The second-order valence-electron chi connectivity index (χ2n) is 5.64. The third-order valence-corrected chi connectivity index (χ3v) is 3.44. The Morgan fingerprint density at radius 1 is 1.30 bits per heavy atom. The number of alkyl halides is 3. The van der Waals surface area contributed by atoms with Crippen LogP contribution in [0, 0.1) is 11.8 Å². The topological polar surface area (TPSA) is 46.6 Å². The van der Waals surface area contributed by atoms with Crippen LogP contribution in [0.2, 0.25) is 0 Å². The van der Waals surface area contributed by atoms with E-state index in [-0.39, 0.29) is 17.9 Å². The fraction of sp³-hybridized carbons (Fsp3) is 0.846. The Bertz CT molecular complexity index is 368. The molecule has 0 N–H and O–H groups in total. The first-order valence-electron chi connectivity index (χ1n) is 6.66. The van der Waals surface area contributed by atoms with Crippen LogP contribution >= 0.6 is 0 Å². The Labute approximate surface area is 116 Å². The highest BCUT2D eigenvalue weighted by molar-refractivity contribution is 6.32. The number of esters is 1. The van der Waals surface area contributed by atoms with Crippen molar-refractivity contribution >= 4 is 11.9 Å². The maximum Gasteiger partial charge on any atom is 0.422 e. The van der Waals surface area contributed by atoms with Crippen molar-refractivity contribution < 1.29 is 27.5 Å². The Morgan fingerprint density at radius 3 is 2.40 bits per heavy atom. The summed E-state index contributed by atoms with van der Waals surface area (Å²) in [5.41, 5.74) is 0. The smallest absolute Gasteiger partial charge is 0.422 e. The molecule has 1 rings (SSSR count). The molecule has 0 bridgehead atoms. The van der Waals surface area contributed by atoms with E-state index >= 15 is 0 Å². The van der Waals surface area contributed by atoms with Gasteiger partial charge in [0.05, 0.1) is 0 Å². The summed E-state index contributed by atoms with van der Waals surface area (Å²) in [6, 6.07) is -0.128. The average Bonchev–Trinajstić information content (AvgIpc) is 2.33. The van der Waals surface area contributed by atoms with E-state index in [9.17, 15) is 22.8 Å². The number of nitrogens with zero attached hydrogens (tertiary/aromatic N) is 1. The van der Waals surface area contributed by atoms with E-state index in [1.54, 1.807) is 0 Å². The molecule has 0 aromatic carbocycles. The standard InChI is InChI=1S/C13H20F3NO3/c1-8(2)10-5-4-9(3)6-17(10)11(18)12(19)20-7-13(14,15)16/h8-10H,4-7H2,1-3H3. The average molecular weight is 295 g/mol. The molecule has 1 aliphatic rings. The molecule has 0 aromatic heterocycles. The fourth-order valence-corrected chi connectivity index (χ4v) is 2.43. The molecule has 0 aliphatic carbocycles. The second kappa shape index (κ2) is 6.45. The molecule has 116 valence electrons. The third kappa shape index (κ3) is 4.68. The molecule has 1 amide bonds. The van der Waals surface area contributed by atoms with Gasteiger partial charge >= 0.3 is 18.1 Å². The van der Waals surface area contributed by atoms with Crippen LogP contribution in [0.25, 0.3) is 0 Å². The van der Waals surface area contributed by atoms with Gasteiger partial charge in [-0.3, -0.25) is 4.79 Å².